The summed E-state index contributed by atoms with van der Waals surface area (Å²) >= 11 is 0. The number of rotatable bonds is 11. The van der Waals surface area contributed by atoms with Gasteiger partial charge in [0.05, 0.1) is 6.04 Å². The number of hydrogen-bond donors (Lipinski definition) is 2. The summed E-state index contributed by atoms with van der Waals surface area (Å²) in [5.74, 6) is 5.75. The Morgan fingerprint density at radius 2 is 1.92 bits per heavy atom. The van der Waals surface area contributed by atoms with Crippen LogP contribution in [-0.4, -0.2) is 46.7 Å². The van der Waals surface area contributed by atoms with Crippen LogP contribution < -0.4 is 0 Å². The van der Waals surface area contributed by atoms with E-state index in [4.69, 9.17) is 10.2 Å². The maximum absolute atomic E-state index is 12.0. The minimum absolute atomic E-state index is 0.247. The van der Waals surface area contributed by atoms with Crippen LogP contribution in [0.4, 0.5) is 0 Å². The van der Waals surface area contributed by atoms with Gasteiger partial charge >= 0.3 is 5.97 Å². The van der Waals surface area contributed by atoms with Crippen molar-refractivity contribution in [2.75, 3.05) is 13.7 Å². The van der Waals surface area contributed by atoms with E-state index in [1.54, 1.807) is 0 Å². The molecule has 1 rings (SSSR count). The first-order valence-corrected chi connectivity index (χ1v) is 9.73. The molecule has 148 valence electrons. The average molecular weight is 366 g/mol. The van der Waals surface area contributed by atoms with Gasteiger partial charge in [-0.25, -0.2) is 0 Å². The molecule has 26 heavy (non-hydrogen) atoms. The average Bonchev–Trinajstić information content (AvgIpc) is 2.98. The highest BCUT2D eigenvalue weighted by molar-refractivity contribution is 5.79. The zero-order valence-corrected chi connectivity index (χ0v) is 16.4. The van der Waals surface area contributed by atoms with Crippen LogP contribution in [-0.2, 0) is 9.59 Å². The molecule has 1 unspecified atom stereocenters. The van der Waals surface area contributed by atoms with E-state index < -0.39 is 5.97 Å². The predicted molar refractivity (Wildman–Crippen MR) is 105 cm³/mol. The summed E-state index contributed by atoms with van der Waals surface area (Å²) in [6.07, 6.45) is 13.8. The van der Waals surface area contributed by atoms with Gasteiger partial charge in [0.2, 0.25) is 5.91 Å². The Balaban J connectivity index is 0.00000301. The number of carbonyl (C=O) groups excluding carboxylic acids is 1. The molecule has 0 aliphatic carbocycles. The molecule has 0 bridgehead atoms. The zero-order chi connectivity index (χ0) is 19.6. The molecule has 0 radical (unpaired) electrons. The summed E-state index contributed by atoms with van der Waals surface area (Å²) in [6.45, 7) is 2.85. The van der Waals surface area contributed by atoms with E-state index in [0.29, 0.717) is 6.42 Å². The second kappa shape index (κ2) is 16.7. The first-order valence-electron chi connectivity index (χ1n) is 9.73. The monoisotopic (exact) mass is 365 g/mol. The lowest BCUT2D eigenvalue weighted by atomic mass is 10.1. The summed E-state index contributed by atoms with van der Waals surface area (Å²) < 4.78 is 0. The van der Waals surface area contributed by atoms with Gasteiger partial charge in [-0.2, -0.15) is 0 Å². The number of aliphatic carboxylic acids is 1. The molecular weight excluding hydrogens is 330 g/mol. The fourth-order valence-electron chi connectivity index (χ4n) is 2.93. The third-order valence-electron chi connectivity index (χ3n) is 4.25. The maximum atomic E-state index is 12.0. The first kappa shape index (κ1) is 24.2. The van der Waals surface area contributed by atoms with Gasteiger partial charge in [-0.05, 0) is 32.1 Å². The number of aliphatic hydroxyl groups excluding tert-OH is 1. The maximum Gasteiger partial charge on any atom is 0.303 e. The molecule has 5 heteroatoms. The Kier molecular flexibility index (Phi) is 15.5. The van der Waals surface area contributed by atoms with E-state index in [1.807, 2.05) is 4.90 Å². The van der Waals surface area contributed by atoms with Gasteiger partial charge in [-0.15, -0.1) is 11.8 Å². The van der Waals surface area contributed by atoms with E-state index in [1.165, 1.54) is 0 Å². The summed E-state index contributed by atoms with van der Waals surface area (Å²) in [7, 11) is 1.00. The molecule has 1 aliphatic heterocycles. The van der Waals surface area contributed by atoms with E-state index in [2.05, 4.69) is 30.9 Å². The van der Waals surface area contributed by atoms with Gasteiger partial charge in [-0.1, -0.05) is 31.9 Å². The lowest BCUT2D eigenvalue weighted by Crippen LogP contribution is -2.32. The largest absolute Gasteiger partial charge is 0.481 e. The number of amides is 1. The van der Waals surface area contributed by atoms with Crippen LogP contribution in [0.3, 0.4) is 0 Å². The predicted octanol–water partition coefficient (Wildman–Crippen LogP) is 3.76. The molecule has 1 amide bonds. The molecule has 0 spiro atoms. The second-order valence-electron chi connectivity index (χ2n) is 6.28. The third kappa shape index (κ3) is 11.7. The van der Waals surface area contributed by atoms with E-state index in [0.717, 1.165) is 71.4 Å². The smallest absolute Gasteiger partial charge is 0.303 e. The van der Waals surface area contributed by atoms with Crippen molar-refractivity contribution < 1.29 is 19.8 Å². The van der Waals surface area contributed by atoms with E-state index >= 15 is 0 Å². The fraction of sp³-hybridized carbons (Fsp3) is 0.714. The SMILES string of the molecule is CCC#CCCC/C=C/C1CCC(=O)N1CCCCCCC(=O)O.CO. The molecule has 1 aliphatic rings. The van der Waals surface area contributed by atoms with Gasteiger partial charge < -0.3 is 15.1 Å². The Hall–Kier alpha value is -1.80. The number of carboxylic acids is 1. The zero-order valence-electron chi connectivity index (χ0n) is 16.4. The van der Waals surface area contributed by atoms with Crippen LogP contribution in [0.25, 0.3) is 0 Å². The molecule has 1 saturated heterocycles. The van der Waals surface area contributed by atoms with Gasteiger partial charge in [0, 0.05) is 39.3 Å². The van der Waals surface area contributed by atoms with Crippen molar-refractivity contribution >= 4 is 11.9 Å². The molecule has 5 nitrogen and oxygen atoms in total. The van der Waals surface area contributed by atoms with Gasteiger partial charge in [0.25, 0.3) is 0 Å². The normalized spacial score (nSPS) is 16.2. The molecule has 0 saturated carbocycles. The van der Waals surface area contributed by atoms with Crippen molar-refractivity contribution in [2.45, 2.75) is 83.6 Å². The summed E-state index contributed by atoms with van der Waals surface area (Å²) in [5, 5.41) is 15.6. The number of hydrogen-bond acceptors (Lipinski definition) is 3. The Morgan fingerprint density at radius 1 is 1.19 bits per heavy atom. The molecule has 1 fully saturated rings. The van der Waals surface area contributed by atoms with Gasteiger partial charge in [-0.3, -0.25) is 9.59 Å². The molecule has 2 N–H and O–H groups in total. The lowest BCUT2D eigenvalue weighted by molar-refractivity contribution is -0.137. The highest BCUT2D eigenvalue weighted by Crippen LogP contribution is 2.21. The standard InChI is InChI=1S/C20H31NO3.CH4O/c1-2-3-4-5-6-7-10-13-18-15-16-19(22)21(18)17-12-9-8-11-14-20(23)24;1-2/h10,13,18H,2,5-9,11-12,14-17H2,1H3,(H,23,24);2H,1H3/b13-10+;. The molecule has 0 aromatic rings. The van der Waals surface area contributed by atoms with Crippen LogP contribution in [0.5, 0.6) is 0 Å². The first-order chi connectivity index (χ1) is 12.6. The minimum Gasteiger partial charge on any atom is -0.481 e. The van der Waals surface area contributed by atoms with Crippen molar-refractivity contribution in [3.05, 3.63) is 12.2 Å². The number of carboxylic acid groups (broad SMARTS) is 1. The summed E-state index contributed by atoms with van der Waals surface area (Å²) in [5.41, 5.74) is 0. The second-order valence-corrected chi connectivity index (χ2v) is 6.28. The number of unbranched alkanes of at least 4 members (excludes halogenated alkanes) is 5. The number of nitrogens with zero attached hydrogens (tertiary/aromatic N) is 1. The Morgan fingerprint density at radius 3 is 2.62 bits per heavy atom. The Bertz CT molecular complexity index is 476. The van der Waals surface area contributed by atoms with Crippen molar-refractivity contribution in [2.24, 2.45) is 0 Å². The van der Waals surface area contributed by atoms with Gasteiger partial charge in [0.1, 0.15) is 0 Å². The highest BCUT2D eigenvalue weighted by atomic mass is 16.4. The molecule has 1 atom stereocenters. The topological polar surface area (TPSA) is 77.8 Å². The minimum atomic E-state index is -0.726. The molecular formula is C21H35NO4. The highest BCUT2D eigenvalue weighted by Gasteiger charge is 2.28. The van der Waals surface area contributed by atoms with Crippen LogP contribution in [0.2, 0.25) is 0 Å². The van der Waals surface area contributed by atoms with E-state index in [-0.39, 0.29) is 18.4 Å². The Labute approximate surface area is 158 Å². The summed E-state index contributed by atoms with van der Waals surface area (Å²) in [4.78, 5) is 24.4. The van der Waals surface area contributed by atoms with Crippen molar-refractivity contribution in [1.82, 2.24) is 4.90 Å². The number of carbonyl (C=O) groups is 2. The van der Waals surface area contributed by atoms with Crippen molar-refractivity contribution in [1.29, 1.82) is 0 Å². The lowest BCUT2D eigenvalue weighted by Gasteiger charge is -2.22. The van der Waals surface area contributed by atoms with Crippen molar-refractivity contribution in [3.8, 4) is 11.8 Å². The van der Waals surface area contributed by atoms with Crippen LogP contribution >= 0.6 is 0 Å². The number of likely N-dealkylation sites (tertiary alicyclic amines) is 1. The molecule has 0 aromatic heterocycles. The van der Waals surface area contributed by atoms with Gasteiger partial charge in [0.15, 0.2) is 0 Å². The number of allylic oxidation sites excluding steroid dienone is 1. The third-order valence-corrected chi connectivity index (χ3v) is 4.25. The summed E-state index contributed by atoms with van der Waals surface area (Å²) in [6, 6.07) is 0.248. The quantitative estimate of drug-likeness (QED) is 0.332. The van der Waals surface area contributed by atoms with Crippen molar-refractivity contribution in [3.63, 3.8) is 0 Å². The number of aliphatic hydroxyl groups is 1. The van der Waals surface area contributed by atoms with Crippen LogP contribution in [0, 0.1) is 11.8 Å². The van der Waals surface area contributed by atoms with E-state index in [9.17, 15) is 9.59 Å². The molecule has 0 aromatic carbocycles. The molecule has 1 heterocycles. The fourth-order valence-corrected chi connectivity index (χ4v) is 2.93. The van der Waals surface area contributed by atoms with Crippen LogP contribution in [0.1, 0.15) is 77.6 Å². The van der Waals surface area contributed by atoms with Crippen LogP contribution in [0.15, 0.2) is 12.2 Å².